The van der Waals surface area contributed by atoms with E-state index in [1.54, 1.807) is 0 Å². The van der Waals surface area contributed by atoms with Gasteiger partial charge in [-0.25, -0.2) is 4.98 Å². The van der Waals surface area contributed by atoms with E-state index in [1.165, 1.54) is 11.3 Å². The van der Waals surface area contributed by atoms with Crippen LogP contribution in [0.1, 0.15) is 31.4 Å². The van der Waals surface area contributed by atoms with Gasteiger partial charge in [-0.2, -0.15) is 0 Å². The fourth-order valence-electron chi connectivity index (χ4n) is 2.87. The first-order chi connectivity index (χ1) is 11.1. The van der Waals surface area contributed by atoms with Crippen molar-refractivity contribution in [3.63, 3.8) is 0 Å². The average Bonchev–Trinajstić information content (AvgIpc) is 2.98. The van der Waals surface area contributed by atoms with Crippen molar-refractivity contribution in [2.45, 2.75) is 44.2 Å². The average molecular weight is 331 g/mol. The molecular formula is C17H21N3O2S. The number of carbonyl (C=O) groups is 1. The van der Waals surface area contributed by atoms with Crippen LogP contribution in [0.25, 0.3) is 10.6 Å². The standard InChI is InChI=1S/C17H21N3O2S/c18-15-4-2-1-3-14(15)17-20-12(10-23-17)9-16(22)19-11-5-7-13(21)8-6-11/h1-4,10-11,13,21H,5-9,18H2,(H,19,22). The Balaban J connectivity index is 1.58. The number of anilines is 1. The molecule has 0 radical (unpaired) electrons. The van der Waals surface area contributed by atoms with Crippen LogP contribution < -0.4 is 11.1 Å². The molecule has 4 N–H and O–H groups in total. The number of thiazole rings is 1. The number of aliphatic hydroxyl groups excluding tert-OH is 1. The molecule has 0 unspecified atom stereocenters. The Kier molecular flexibility index (Phi) is 4.93. The van der Waals surface area contributed by atoms with Crippen LogP contribution in [-0.2, 0) is 11.2 Å². The van der Waals surface area contributed by atoms with E-state index in [9.17, 15) is 9.90 Å². The Morgan fingerprint density at radius 2 is 2.04 bits per heavy atom. The number of rotatable bonds is 4. The molecule has 0 spiro atoms. The van der Waals surface area contributed by atoms with Gasteiger partial charge >= 0.3 is 0 Å². The minimum Gasteiger partial charge on any atom is -0.398 e. The Hall–Kier alpha value is -1.92. The highest BCUT2D eigenvalue weighted by molar-refractivity contribution is 7.13. The Bertz CT molecular complexity index is 678. The number of benzene rings is 1. The molecule has 0 saturated heterocycles. The summed E-state index contributed by atoms with van der Waals surface area (Å²) in [6.45, 7) is 0. The maximum Gasteiger partial charge on any atom is 0.226 e. The van der Waals surface area contributed by atoms with Crippen molar-refractivity contribution in [2.75, 3.05) is 5.73 Å². The number of aliphatic hydroxyl groups is 1. The third-order valence-electron chi connectivity index (χ3n) is 4.15. The van der Waals surface area contributed by atoms with E-state index in [0.29, 0.717) is 5.69 Å². The van der Waals surface area contributed by atoms with Crippen LogP contribution in [0.5, 0.6) is 0 Å². The highest BCUT2D eigenvalue weighted by Crippen LogP contribution is 2.28. The number of carbonyl (C=O) groups excluding carboxylic acids is 1. The highest BCUT2D eigenvalue weighted by Gasteiger charge is 2.21. The van der Waals surface area contributed by atoms with Gasteiger partial charge in [0.25, 0.3) is 0 Å². The summed E-state index contributed by atoms with van der Waals surface area (Å²) in [6.07, 6.45) is 3.28. The molecule has 3 rings (SSSR count). The van der Waals surface area contributed by atoms with Crippen molar-refractivity contribution in [3.05, 3.63) is 35.3 Å². The lowest BCUT2D eigenvalue weighted by atomic mass is 9.93. The summed E-state index contributed by atoms with van der Waals surface area (Å²) < 4.78 is 0. The SMILES string of the molecule is Nc1ccccc1-c1nc(CC(=O)NC2CCC(O)CC2)cs1. The van der Waals surface area contributed by atoms with Gasteiger partial charge in [0, 0.05) is 22.7 Å². The van der Waals surface area contributed by atoms with Crippen LogP contribution in [0.15, 0.2) is 29.6 Å². The third kappa shape index (κ3) is 4.09. The molecule has 5 nitrogen and oxygen atoms in total. The summed E-state index contributed by atoms with van der Waals surface area (Å²) in [5, 5.41) is 15.3. The van der Waals surface area contributed by atoms with E-state index in [1.807, 2.05) is 29.6 Å². The molecule has 122 valence electrons. The first-order valence-electron chi connectivity index (χ1n) is 7.88. The number of hydrogen-bond donors (Lipinski definition) is 3. The van der Waals surface area contributed by atoms with Crippen LogP contribution in [0.3, 0.4) is 0 Å². The van der Waals surface area contributed by atoms with Crippen molar-refractivity contribution in [3.8, 4) is 10.6 Å². The van der Waals surface area contributed by atoms with Gasteiger partial charge in [-0.15, -0.1) is 11.3 Å². The van der Waals surface area contributed by atoms with Crippen molar-refractivity contribution in [1.82, 2.24) is 10.3 Å². The predicted octanol–water partition coefficient (Wildman–Crippen LogP) is 2.35. The lowest BCUT2D eigenvalue weighted by Gasteiger charge is -2.26. The molecule has 0 atom stereocenters. The molecule has 6 heteroatoms. The molecule has 2 aromatic rings. The second-order valence-corrected chi connectivity index (χ2v) is 6.84. The van der Waals surface area contributed by atoms with Gasteiger partial charge in [-0.3, -0.25) is 4.79 Å². The molecular weight excluding hydrogens is 310 g/mol. The lowest BCUT2D eigenvalue weighted by molar-refractivity contribution is -0.121. The summed E-state index contributed by atoms with van der Waals surface area (Å²) in [5.41, 5.74) is 8.33. The molecule has 1 aliphatic carbocycles. The summed E-state index contributed by atoms with van der Waals surface area (Å²) in [7, 11) is 0. The van der Waals surface area contributed by atoms with Crippen LogP contribution >= 0.6 is 11.3 Å². The van der Waals surface area contributed by atoms with Gasteiger partial charge in [0.2, 0.25) is 5.91 Å². The third-order valence-corrected chi connectivity index (χ3v) is 5.07. The minimum atomic E-state index is -0.208. The number of nitrogens with one attached hydrogen (secondary N) is 1. The maximum atomic E-state index is 12.1. The van der Waals surface area contributed by atoms with Gasteiger partial charge in [0.1, 0.15) is 5.01 Å². The van der Waals surface area contributed by atoms with Gasteiger partial charge < -0.3 is 16.2 Å². The van der Waals surface area contributed by atoms with E-state index < -0.39 is 0 Å². The smallest absolute Gasteiger partial charge is 0.226 e. The first kappa shape index (κ1) is 16.0. The summed E-state index contributed by atoms with van der Waals surface area (Å²) >= 11 is 1.50. The van der Waals surface area contributed by atoms with Gasteiger partial charge in [0.05, 0.1) is 18.2 Å². The summed E-state index contributed by atoms with van der Waals surface area (Å²) in [4.78, 5) is 16.7. The Labute approximate surface area is 139 Å². The number of amides is 1. The van der Waals surface area contributed by atoms with E-state index in [4.69, 9.17) is 5.73 Å². The topological polar surface area (TPSA) is 88.2 Å². The molecule has 1 aliphatic rings. The quantitative estimate of drug-likeness (QED) is 0.751. The second kappa shape index (κ2) is 7.10. The fourth-order valence-corrected chi connectivity index (χ4v) is 3.73. The number of nitrogens with two attached hydrogens (primary N) is 1. The Morgan fingerprint density at radius 3 is 2.78 bits per heavy atom. The van der Waals surface area contributed by atoms with E-state index in [0.717, 1.165) is 41.9 Å². The summed E-state index contributed by atoms with van der Waals surface area (Å²) in [5.74, 6) is -0.00993. The van der Waals surface area contributed by atoms with Crippen molar-refractivity contribution >= 4 is 22.9 Å². The minimum absolute atomic E-state index is 0.00993. The molecule has 1 amide bonds. The maximum absolute atomic E-state index is 12.1. The van der Waals surface area contributed by atoms with E-state index in [2.05, 4.69) is 10.3 Å². The molecule has 1 saturated carbocycles. The number of aromatic nitrogens is 1. The molecule has 0 aliphatic heterocycles. The van der Waals surface area contributed by atoms with Gasteiger partial charge in [-0.1, -0.05) is 12.1 Å². The zero-order valence-electron chi connectivity index (χ0n) is 12.9. The number of hydrogen-bond acceptors (Lipinski definition) is 5. The van der Waals surface area contributed by atoms with E-state index in [-0.39, 0.29) is 24.5 Å². The van der Waals surface area contributed by atoms with E-state index >= 15 is 0 Å². The lowest BCUT2D eigenvalue weighted by Crippen LogP contribution is -2.39. The van der Waals surface area contributed by atoms with Crippen molar-refractivity contribution in [2.24, 2.45) is 0 Å². The van der Waals surface area contributed by atoms with Crippen LogP contribution in [-0.4, -0.2) is 28.1 Å². The van der Waals surface area contributed by atoms with Crippen LogP contribution in [0.2, 0.25) is 0 Å². The molecule has 1 aromatic heterocycles. The van der Waals surface area contributed by atoms with Gasteiger partial charge in [-0.05, 0) is 37.8 Å². The number of nitrogen functional groups attached to an aromatic ring is 1. The number of nitrogens with zero attached hydrogens (tertiary/aromatic N) is 1. The molecule has 23 heavy (non-hydrogen) atoms. The van der Waals surface area contributed by atoms with Gasteiger partial charge in [0.15, 0.2) is 0 Å². The molecule has 1 aromatic carbocycles. The monoisotopic (exact) mass is 331 g/mol. The molecule has 0 bridgehead atoms. The second-order valence-electron chi connectivity index (χ2n) is 5.98. The predicted molar refractivity (Wildman–Crippen MR) is 92.1 cm³/mol. The van der Waals surface area contributed by atoms with Crippen molar-refractivity contribution in [1.29, 1.82) is 0 Å². The normalized spacial score (nSPS) is 21.1. The highest BCUT2D eigenvalue weighted by atomic mass is 32.1. The van der Waals surface area contributed by atoms with Crippen LogP contribution in [0.4, 0.5) is 5.69 Å². The zero-order chi connectivity index (χ0) is 16.2. The Morgan fingerprint density at radius 1 is 1.30 bits per heavy atom. The number of para-hydroxylation sites is 1. The van der Waals surface area contributed by atoms with Crippen molar-refractivity contribution < 1.29 is 9.90 Å². The summed E-state index contributed by atoms with van der Waals surface area (Å²) in [6, 6.07) is 7.78. The largest absolute Gasteiger partial charge is 0.398 e. The molecule has 1 heterocycles. The fraction of sp³-hybridized carbons (Fsp3) is 0.412. The first-order valence-corrected chi connectivity index (χ1v) is 8.76. The van der Waals surface area contributed by atoms with Crippen LogP contribution in [0, 0.1) is 0 Å². The molecule has 1 fully saturated rings. The zero-order valence-corrected chi connectivity index (χ0v) is 13.7.